The van der Waals surface area contributed by atoms with Gasteiger partial charge >= 0.3 is 0 Å². The van der Waals surface area contributed by atoms with Gasteiger partial charge in [0, 0.05) is 12.7 Å². The first-order chi connectivity index (χ1) is 12.2. The van der Waals surface area contributed by atoms with Crippen LogP contribution in [0.5, 0.6) is 11.5 Å². The molecule has 26 heavy (non-hydrogen) atoms. The number of phenolic OH excluding ortho intramolecular Hbond substituents is 1. The van der Waals surface area contributed by atoms with Crippen LogP contribution in [0, 0.1) is 13.8 Å². The average molecular weight is 378 g/mol. The van der Waals surface area contributed by atoms with Crippen LogP contribution in [-0.4, -0.2) is 27.4 Å². The maximum atomic E-state index is 11.8. The highest BCUT2D eigenvalue weighted by Gasteiger charge is 2.28. The molecule has 0 heterocycles. The Morgan fingerprint density at radius 1 is 1.08 bits per heavy atom. The summed E-state index contributed by atoms with van der Waals surface area (Å²) < 4.78 is 33.0. The summed E-state index contributed by atoms with van der Waals surface area (Å²) in [5.74, 6) is 0.746. The van der Waals surface area contributed by atoms with Crippen LogP contribution < -0.4 is 4.74 Å². The van der Waals surface area contributed by atoms with E-state index < -0.39 is 15.5 Å². The molecule has 142 valence electrons. The Bertz CT molecular complexity index is 837. The summed E-state index contributed by atoms with van der Waals surface area (Å²) in [6.07, 6.45) is 0.640. The predicted molar refractivity (Wildman–Crippen MR) is 103 cm³/mol. The van der Waals surface area contributed by atoms with Gasteiger partial charge in [-0.3, -0.25) is 0 Å². The second kappa shape index (κ2) is 8.10. The molecule has 5 nitrogen and oxygen atoms in total. The minimum Gasteiger partial charge on any atom is -0.508 e. The van der Waals surface area contributed by atoms with Crippen molar-refractivity contribution in [1.82, 2.24) is 0 Å². The molecular formula is C20H26O5S. The highest BCUT2D eigenvalue weighted by atomic mass is 32.2. The Morgan fingerprint density at radius 2 is 1.69 bits per heavy atom. The third-order valence-corrected chi connectivity index (χ3v) is 5.71. The van der Waals surface area contributed by atoms with Gasteiger partial charge in [0.15, 0.2) is 6.79 Å². The molecule has 2 rings (SSSR count). The van der Waals surface area contributed by atoms with E-state index in [9.17, 15) is 13.5 Å². The van der Waals surface area contributed by atoms with Crippen molar-refractivity contribution < 1.29 is 23.0 Å². The zero-order valence-electron chi connectivity index (χ0n) is 15.8. The number of hydrogen-bond donors (Lipinski definition) is 2. The Morgan fingerprint density at radius 3 is 2.23 bits per heavy atom. The van der Waals surface area contributed by atoms with Gasteiger partial charge in [-0.25, -0.2) is 8.42 Å². The molecule has 2 aromatic rings. The summed E-state index contributed by atoms with van der Waals surface area (Å²) in [4.78, 5) is 0. The van der Waals surface area contributed by atoms with Gasteiger partial charge in [0.2, 0.25) is 0 Å². The number of ether oxygens (including phenoxy) is 2. The number of aryl methyl sites for hydroxylation is 2. The highest BCUT2D eigenvalue weighted by Crippen LogP contribution is 2.34. The van der Waals surface area contributed by atoms with Crippen LogP contribution >= 0.6 is 0 Å². The fraction of sp³-hybridized carbons (Fsp3) is 0.400. The van der Waals surface area contributed by atoms with Crippen LogP contribution in [0.25, 0.3) is 0 Å². The lowest BCUT2D eigenvalue weighted by Gasteiger charge is -2.23. The molecule has 6 heteroatoms. The van der Waals surface area contributed by atoms with E-state index in [-0.39, 0.29) is 12.5 Å². The van der Waals surface area contributed by atoms with Gasteiger partial charge in [-0.1, -0.05) is 12.1 Å². The molecular weight excluding hydrogens is 352 g/mol. The fourth-order valence-electron chi connectivity index (χ4n) is 2.97. The molecule has 0 fully saturated rings. The lowest BCUT2D eigenvalue weighted by Crippen LogP contribution is -2.21. The molecule has 0 aliphatic heterocycles. The van der Waals surface area contributed by atoms with E-state index in [1.807, 2.05) is 26.0 Å². The molecule has 0 amide bonds. The number of rotatable bonds is 7. The van der Waals surface area contributed by atoms with E-state index in [1.165, 1.54) is 7.11 Å². The third kappa shape index (κ3) is 4.37. The third-order valence-electron chi connectivity index (χ3n) is 4.55. The minimum atomic E-state index is -2.69. The van der Waals surface area contributed by atoms with E-state index in [1.54, 1.807) is 32.0 Å². The summed E-state index contributed by atoms with van der Waals surface area (Å²) in [6, 6.07) is 9.06. The van der Waals surface area contributed by atoms with Crippen molar-refractivity contribution in [2.24, 2.45) is 0 Å². The summed E-state index contributed by atoms with van der Waals surface area (Å²) in [7, 11) is -1.18. The normalized spacial score (nSPS) is 11.8. The topological polar surface area (TPSA) is 72.8 Å². The molecule has 0 atom stereocenters. The minimum absolute atomic E-state index is 0.0498. The largest absolute Gasteiger partial charge is 0.508 e. The van der Waals surface area contributed by atoms with Crippen LogP contribution in [0.1, 0.15) is 41.7 Å². The van der Waals surface area contributed by atoms with Crippen molar-refractivity contribution in [3.63, 3.8) is 0 Å². The van der Waals surface area contributed by atoms with Crippen molar-refractivity contribution in [3.05, 3.63) is 58.1 Å². The standard InChI is InChI=1S/C20H26O5S/c1-13-8-16(21)9-14(2)17(13)10-15-6-7-19(25-12-24-5)18(11-15)20(3,4)26(22)23/h6-9,11,21,26H,10,12H2,1-5H3. The van der Waals surface area contributed by atoms with Crippen molar-refractivity contribution in [3.8, 4) is 11.5 Å². The first kappa shape index (κ1) is 20.3. The fourth-order valence-corrected chi connectivity index (χ4v) is 3.34. The van der Waals surface area contributed by atoms with Gasteiger partial charge < -0.3 is 14.6 Å². The molecule has 0 aliphatic rings. The van der Waals surface area contributed by atoms with Gasteiger partial charge in [-0.05, 0) is 74.6 Å². The maximum absolute atomic E-state index is 11.8. The van der Waals surface area contributed by atoms with Crippen LogP contribution in [-0.2, 0) is 26.6 Å². The second-order valence-corrected chi connectivity index (χ2v) is 8.56. The summed E-state index contributed by atoms with van der Waals surface area (Å²) in [6.45, 7) is 7.28. The molecule has 0 aromatic heterocycles. The lowest BCUT2D eigenvalue weighted by molar-refractivity contribution is 0.0501. The highest BCUT2D eigenvalue weighted by molar-refractivity contribution is 7.73. The molecule has 0 saturated heterocycles. The van der Waals surface area contributed by atoms with Crippen LogP contribution in [0.4, 0.5) is 0 Å². The molecule has 0 spiro atoms. The smallest absolute Gasteiger partial charge is 0.188 e. The monoisotopic (exact) mass is 378 g/mol. The quantitative estimate of drug-likeness (QED) is 0.570. The first-order valence-corrected chi connectivity index (χ1v) is 9.53. The van der Waals surface area contributed by atoms with Crippen molar-refractivity contribution in [1.29, 1.82) is 0 Å². The van der Waals surface area contributed by atoms with E-state index in [4.69, 9.17) is 9.47 Å². The van der Waals surface area contributed by atoms with E-state index in [0.29, 0.717) is 17.7 Å². The number of methoxy groups -OCH3 is 1. The van der Waals surface area contributed by atoms with E-state index >= 15 is 0 Å². The zero-order valence-corrected chi connectivity index (χ0v) is 16.7. The van der Waals surface area contributed by atoms with Gasteiger partial charge in [-0.15, -0.1) is 0 Å². The summed E-state index contributed by atoms with van der Waals surface area (Å²) in [5, 5.41) is 9.72. The zero-order chi connectivity index (χ0) is 19.5. The number of benzene rings is 2. The Hall–Kier alpha value is -2.05. The van der Waals surface area contributed by atoms with Gasteiger partial charge in [0.05, 0.1) is 4.75 Å². The molecule has 0 aliphatic carbocycles. The predicted octanol–water partition coefficient (Wildman–Crippen LogP) is 3.43. The van der Waals surface area contributed by atoms with Gasteiger partial charge in [-0.2, -0.15) is 0 Å². The maximum Gasteiger partial charge on any atom is 0.188 e. The molecule has 2 aromatic carbocycles. The number of thiol groups is 1. The SMILES string of the molecule is COCOc1ccc(Cc2c(C)cc(O)cc2C)cc1C(C)(C)[SH](=O)=O. The van der Waals surface area contributed by atoms with E-state index in [0.717, 1.165) is 22.3 Å². The molecule has 0 bridgehead atoms. The van der Waals surface area contributed by atoms with E-state index in [2.05, 4.69) is 0 Å². The number of phenols is 1. The van der Waals surface area contributed by atoms with Crippen molar-refractivity contribution >= 4 is 10.7 Å². The Balaban J connectivity index is 2.49. The molecule has 0 saturated carbocycles. The number of hydrogen-bond acceptors (Lipinski definition) is 5. The Labute approximate surface area is 156 Å². The van der Waals surface area contributed by atoms with Crippen LogP contribution in [0.3, 0.4) is 0 Å². The van der Waals surface area contributed by atoms with Crippen molar-refractivity contribution in [2.45, 2.75) is 38.9 Å². The summed E-state index contributed by atoms with van der Waals surface area (Å²) in [5.41, 5.74) is 4.70. The molecule has 0 unspecified atom stereocenters. The molecule has 1 N–H and O–H groups in total. The summed E-state index contributed by atoms with van der Waals surface area (Å²) >= 11 is 0. The lowest BCUT2D eigenvalue weighted by atomic mass is 9.92. The van der Waals surface area contributed by atoms with Crippen LogP contribution in [0.15, 0.2) is 30.3 Å². The second-order valence-electron chi connectivity index (χ2n) is 6.93. The number of aromatic hydroxyl groups is 1. The van der Waals surface area contributed by atoms with Gasteiger partial charge in [0.1, 0.15) is 22.2 Å². The molecule has 0 radical (unpaired) electrons. The average Bonchev–Trinajstić information content (AvgIpc) is 2.56. The van der Waals surface area contributed by atoms with Gasteiger partial charge in [0.25, 0.3) is 0 Å². The first-order valence-electron chi connectivity index (χ1n) is 8.35. The van der Waals surface area contributed by atoms with Crippen LogP contribution in [0.2, 0.25) is 0 Å². The van der Waals surface area contributed by atoms with Crippen molar-refractivity contribution in [2.75, 3.05) is 13.9 Å². The Kier molecular flexibility index (Phi) is 6.31.